The fourth-order valence-corrected chi connectivity index (χ4v) is 3.20. The highest BCUT2D eigenvalue weighted by Gasteiger charge is 2.26. The van der Waals surface area contributed by atoms with Gasteiger partial charge in [0, 0.05) is 11.3 Å². The number of carbonyl (C=O) groups is 1. The molecule has 0 spiro atoms. The SMILES string of the molecule is CSCC[C@@H](N)C(=O)NC1CCCc2c1cnn2CCO. The first kappa shape index (κ1) is 16.3. The van der Waals surface area contributed by atoms with Gasteiger partial charge in [0.15, 0.2) is 0 Å². The first-order valence-corrected chi connectivity index (χ1v) is 8.77. The van der Waals surface area contributed by atoms with E-state index in [1.54, 1.807) is 11.8 Å². The predicted octanol–water partition coefficient (Wildman–Crippen LogP) is 0.449. The molecule has 1 aliphatic carbocycles. The van der Waals surface area contributed by atoms with Crippen molar-refractivity contribution in [3.8, 4) is 0 Å². The number of rotatable bonds is 7. The molecule has 118 valence electrons. The van der Waals surface area contributed by atoms with Crippen molar-refractivity contribution in [2.24, 2.45) is 5.73 Å². The van der Waals surface area contributed by atoms with Crippen molar-refractivity contribution in [1.82, 2.24) is 15.1 Å². The molecule has 1 heterocycles. The van der Waals surface area contributed by atoms with E-state index in [0.717, 1.165) is 36.3 Å². The third-order valence-electron chi connectivity index (χ3n) is 3.86. The van der Waals surface area contributed by atoms with E-state index < -0.39 is 6.04 Å². The van der Waals surface area contributed by atoms with Crippen LogP contribution in [0.1, 0.15) is 36.6 Å². The van der Waals surface area contributed by atoms with Gasteiger partial charge in [0.05, 0.1) is 31.4 Å². The Balaban J connectivity index is 2.01. The van der Waals surface area contributed by atoms with Crippen LogP contribution in [0.4, 0.5) is 0 Å². The zero-order valence-electron chi connectivity index (χ0n) is 12.4. The van der Waals surface area contributed by atoms with E-state index in [2.05, 4.69) is 10.4 Å². The molecule has 0 saturated heterocycles. The van der Waals surface area contributed by atoms with Gasteiger partial charge in [-0.1, -0.05) is 0 Å². The number of hydrogen-bond donors (Lipinski definition) is 3. The molecule has 6 nitrogen and oxygen atoms in total. The molecular weight excluding hydrogens is 288 g/mol. The second-order valence-corrected chi connectivity index (χ2v) is 6.32. The van der Waals surface area contributed by atoms with Gasteiger partial charge in [-0.15, -0.1) is 0 Å². The average molecular weight is 312 g/mol. The van der Waals surface area contributed by atoms with E-state index in [4.69, 9.17) is 10.8 Å². The second-order valence-electron chi connectivity index (χ2n) is 5.33. The lowest BCUT2D eigenvalue weighted by Gasteiger charge is -2.25. The zero-order chi connectivity index (χ0) is 15.2. The van der Waals surface area contributed by atoms with E-state index >= 15 is 0 Å². The topological polar surface area (TPSA) is 93.2 Å². The Labute approximate surface area is 129 Å². The number of thioether (sulfide) groups is 1. The Hall–Kier alpha value is -1.05. The van der Waals surface area contributed by atoms with Crippen LogP contribution in [-0.4, -0.2) is 45.5 Å². The fraction of sp³-hybridized carbons (Fsp3) is 0.714. The number of amides is 1. The van der Waals surface area contributed by atoms with Crippen molar-refractivity contribution >= 4 is 17.7 Å². The molecule has 4 N–H and O–H groups in total. The number of aromatic nitrogens is 2. The Kier molecular flexibility index (Phi) is 6.08. The monoisotopic (exact) mass is 312 g/mol. The van der Waals surface area contributed by atoms with Crippen LogP contribution in [-0.2, 0) is 17.8 Å². The minimum atomic E-state index is -0.449. The van der Waals surface area contributed by atoms with Crippen molar-refractivity contribution in [3.05, 3.63) is 17.5 Å². The van der Waals surface area contributed by atoms with Crippen LogP contribution < -0.4 is 11.1 Å². The van der Waals surface area contributed by atoms with Crippen LogP contribution in [0.15, 0.2) is 6.20 Å². The number of aliphatic hydroxyl groups is 1. The summed E-state index contributed by atoms with van der Waals surface area (Å²) in [4.78, 5) is 12.1. The number of nitrogens with one attached hydrogen (secondary N) is 1. The largest absolute Gasteiger partial charge is 0.394 e. The maximum Gasteiger partial charge on any atom is 0.237 e. The molecule has 7 heteroatoms. The fourth-order valence-electron chi connectivity index (χ4n) is 2.71. The van der Waals surface area contributed by atoms with Crippen LogP contribution in [0.5, 0.6) is 0 Å². The van der Waals surface area contributed by atoms with Gasteiger partial charge in [-0.2, -0.15) is 16.9 Å². The van der Waals surface area contributed by atoms with Crippen LogP contribution >= 0.6 is 11.8 Å². The van der Waals surface area contributed by atoms with Gasteiger partial charge in [0.2, 0.25) is 5.91 Å². The van der Waals surface area contributed by atoms with E-state index in [-0.39, 0.29) is 18.6 Å². The van der Waals surface area contributed by atoms with Crippen molar-refractivity contribution in [2.75, 3.05) is 18.6 Å². The lowest BCUT2D eigenvalue weighted by molar-refractivity contribution is -0.123. The van der Waals surface area contributed by atoms with Crippen LogP contribution in [0.2, 0.25) is 0 Å². The molecule has 0 fully saturated rings. The van der Waals surface area contributed by atoms with Gasteiger partial charge in [-0.25, -0.2) is 0 Å². The van der Waals surface area contributed by atoms with Crippen molar-refractivity contribution in [2.45, 2.75) is 44.3 Å². The maximum absolute atomic E-state index is 12.1. The van der Waals surface area contributed by atoms with E-state index in [0.29, 0.717) is 13.0 Å². The molecule has 2 atom stereocenters. The van der Waals surface area contributed by atoms with Crippen molar-refractivity contribution in [1.29, 1.82) is 0 Å². The molecule has 0 saturated carbocycles. The second kappa shape index (κ2) is 7.82. The number of nitrogens with two attached hydrogens (primary N) is 1. The van der Waals surface area contributed by atoms with Gasteiger partial charge in [-0.3, -0.25) is 9.48 Å². The smallest absolute Gasteiger partial charge is 0.237 e. The highest BCUT2D eigenvalue weighted by molar-refractivity contribution is 7.98. The summed E-state index contributed by atoms with van der Waals surface area (Å²) in [7, 11) is 0. The highest BCUT2D eigenvalue weighted by Crippen LogP contribution is 2.29. The van der Waals surface area contributed by atoms with Gasteiger partial charge >= 0.3 is 0 Å². The van der Waals surface area contributed by atoms with Crippen LogP contribution in [0.3, 0.4) is 0 Å². The zero-order valence-corrected chi connectivity index (χ0v) is 13.2. The molecule has 2 rings (SSSR count). The van der Waals surface area contributed by atoms with E-state index in [1.807, 2.05) is 17.1 Å². The summed E-state index contributed by atoms with van der Waals surface area (Å²) < 4.78 is 1.83. The third-order valence-corrected chi connectivity index (χ3v) is 4.50. The summed E-state index contributed by atoms with van der Waals surface area (Å²) >= 11 is 1.69. The summed E-state index contributed by atoms with van der Waals surface area (Å²) in [5, 5.41) is 16.4. The Bertz CT molecular complexity index is 478. The lowest BCUT2D eigenvalue weighted by Crippen LogP contribution is -2.43. The lowest BCUT2D eigenvalue weighted by atomic mass is 9.92. The van der Waals surface area contributed by atoms with E-state index in [1.165, 1.54) is 0 Å². The maximum atomic E-state index is 12.1. The molecule has 0 bridgehead atoms. The number of fused-ring (bicyclic) bond motifs is 1. The molecule has 1 amide bonds. The molecule has 1 unspecified atom stereocenters. The molecule has 21 heavy (non-hydrogen) atoms. The van der Waals surface area contributed by atoms with Gasteiger partial charge in [-0.05, 0) is 37.7 Å². The van der Waals surface area contributed by atoms with Crippen LogP contribution in [0.25, 0.3) is 0 Å². The van der Waals surface area contributed by atoms with Gasteiger partial charge in [0.25, 0.3) is 0 Å². The summed E-state index contributed by atoms with van der Waals surface area (Å²) in [5.74, 6) is 0.802. The Morgan fingerprint density at radius 1 is 1.71 bits per heavy atom. The number of nitrogens with zero attached hydrogens (tertiary/aromatic N) is 2. The summed E-state index contributed by atoms with van der Waals surface area (Å²) in [5.41, 5.74) is 8.11. The Morgan fingerprint density at radius 2 is 2.52 bits per heavy atom. The molecule has 0 aromatic carbocycles. The number of carbonyl (C=O) groups excluding carboxylic acids is 1. The standard InChI is InChI=1S/C14H24N4O2S/c1-21-8-5-11(15)14(20)17-12-3-2-4-13-10(12)9-16-18(13)6-7-19/h9,11-12,19H,2-8,15H2,1H3,(H,17,20)/t11-,12?/m1/s1. The third kappa shape index (κ3) is 3.99. The molecule has 1 aromatic heterocycles. The average Bonchev–Trinajstić information content (AvgIpc) is 2.89. The number of aliphatic hydroxyl groups excluding tert-OH is 1. The van der Waals surface area contributed by atoms with Gasteiger partial charge in [0.1, 0.15) is 0 Å². The first-order valence-electron chi connectivity index (χ1n) is 7.37. The molecule has 0 radical (unpaired) electrons. The molecular formula is C14H24N4O2S. The van der Waals surface area contributed by atoms with Crippen molar-refractivity contribution < 1.29 is 9.90 Å². The molecule has 1 aliphatic rings. The number of hydrogen-bond acceptors (Lipinski definition) is 5. The predicted molar refractivity (Wildman–Crippen MR) is 84.1 cm³/mol. The van der Waals surface area contributed by atoms with Crippen molar-refractivity contribution in [3.63, 3.8) is 0 Å². The quantitative estimate of drug-likeness (QED) is 0.680. The summed E-state index contributed by atoms with van der Waals surface area (Å²) in [6, 6.07) is -0.454. The molecule has 0 aliphatic heterocycles. The summed E-state index contributed by atoms with van der Waals surface area (Å²) in [6.45, 7) is 0.577. The first-order chi connectivity index (χ1) is 10.2. The molecule has 1 aromatic rings. The van der Waals surface area contributed by atoms with Crippen LogP contribution in [0, 0.1) is 0 Å². The van der Waals surface area contributed by atoms with Gasteiger partial charge < -0.3 is 16.2 Å². The Morgan fingerprint density at radius 3 is 3.24 bits per heavy atom. The normalized spacial score (nSPS) is 19.1. The minimum Gasteiger partial charge on any atom is -0.394 e. The van der Waals surface area contributed by atoms with E-state index in [9.17, 15) is 4.79 Å². The highest BCUT2D eigenvalue weighted by atomic mass is 32.2. The minimum absolute atomic E-state index is 0.00553. The summed E-state index contributed by atoms with van der Waals surface area (Å²) in [6.07, 6.45) is 7.38.